The van der Waals surface area contributed by atoms with Gasteiger partial charge in [-0.1, -0.05) is 6.07 Å². The molecule has 0 fully saturated rings. The van der Waals surface area contributed by atoms with Crippen molar-refractivity contribution < 1.29 is 0 Å². The van der Waals surface area contributed by atoms with Gasteiger partial charge in [-0.25, -0.2) is 4.98 Å². The van der Waals surface area contributed by atoms with E-state index in [1.54, 1.807) is 11.3 Å². The number of aryl methyl sites for hydroxylation is 2. The topological polar surface area (TPSA) is 50.9 Å². The van der Waals surface area contributed by atoms with Crippen LogP contribution in [0.15, 0.2) is 24.3 Å². The van der Waals surface area contributed by atoms with Gasteiger partial charge < -0.3 is 11.1 Å². The van der Waals surface area contributed by atoms with Gasteiger partial charge in [0.15, 0.2) is 5.13 Å². The quantitative estimate of drug-likeness (QED) is 0.763. The number of benzene rings is 1. The number of hydrogen-bond donors (Lipinski definition) is 2. The molecule has 1 heterocycles. The molecule has 0 saturated carbocycles. The molecule has 0 aliphatic heterocycles. The maximum Gasteiger partial charge on any atom is 0.187 e. The van der Waals surface area contributed by atoms with Crippen LogP contribution in [0.2, 0.25) is 0 Å². The Hall–Kier alpha value is -1.55. The summed E-state index contributed by atoms with van der Waals surface area (Å²) in [5, 5.41) is 4.15. The van der Waals surface area contributed by atoms with E-state index < -0.39 is 0 Å². The molecule has 15 heavy (non-hydrogen) atoms. The van der Waals surface area contributed by atoms with Crippen molar-refractivity contribution in [3.63, 3.8) is 0 Å². The van der Waals surface area contributed by atoms with Crippen molar-refractivity contribution in [2.24, 2.45) is 0 Å². The van der Waals surface area contributed by atoms with Crippen LogP contribution in [-0.2, 0) is 0 Å². The molecule has 0 saturated heterocycles. The van der Waals surface area contributed by atoms with Crippen LogP contribution >= 0.6 is 11.3 Å². The predicted molar refractivity (Wildman–Crippen MR) is 65.7 cm³/mol. The molecular formula is C11H13N3S. The van der Waals surface area contributed by atoms with Crippen molar-refractivity contribution >= 4 is 27.8 Å². The summed E-state index contributed by atoms with van der Waals surface area (Å²) in [7, 11) is 0. The monoisotopic (exact) mass is 219 g/mol. The van der Waals surface area contributed by atoms with E-state index in [1.165, 1.54) is 4.88 Å². The first-order chi connectivity index (χ1) is 7.15. The summed E-state index contributed by atoms with van der Waals surface area (Å²) in [6.07, 6.45) is 0. The van der Waals surface area contributed by atoms with E-state index in [4.69, 9.17) is 5.73 Å². The minimum absolute atomic E-state index is 0.755. The summed E-state index contributed by atoms with van der Waals surface area (Å²) in [5.41, 5.74) is 8.50. The molecule has 0 aliphatic carbocycles. The fourth-order valence-electron chi connectivity index (χ4n) is 1.27. The van der Waals surface area contributed by atoms with Gasteiger partial charge >= 0.3 is 0 Å². The molecule has 0 aliphatic rings. The summed E-state index contributed by atoms with van der Waals surface area (Å²) in [6, 6.07) is 7.66. The van der Waals surface area contributed by atoms with Gasteiger partial charge in [0.05, 0.1) is 5.69 Å². The SMILES string of the molecule is Cc1nc(Nc2cccc(N)c2)sc1C. The van der Waals surface area contributed by atoms with Crippen LogP contribution < -0.4 is 11.1 Å². The molecule has 2 rings (SSSR count). The Kier molecular flexibility index (Phi) is 2.60. The molecular weight excluding hydrogens is 206 g/mol. The third-order valence-electron chi connectivity index (χ3n) is 2.17. The number of anilines is 3. The van der Waals surface area contributed by atoms with Crippen LogP contribution in [0.4, 0.5) is 16.5 Å². The van der Waals surface area contributed by atoms with Gasteiger partial charge in [0.2, 0.25) is 0 Å². The first-order valence-electron chi connectivity index (χ1n) is 4.72. The molecule has 3 nitrogen and oxygen atoms in total. The Labute approximate surface area is 93.0 Å². The van der Waals surface area contributed by atoms with Crippen LogP contribution in [0.3, 0.4) is 0 Å². The van der Waals surface area contributed by atoms with Gasteiger partial charge in [0.1, 0.15) is 0 Å². The average molecular weight is 219 g/mol. The Morgan fingerprint density at radius 3 is 2.73 bits per heavy atom. The lowest BCUT2D eigenvalue weighted by molar-refractivity contribution is 1.23. The normalized spacial score (nSPS) is 10.3. The van der Waals surface area contributed by atoms with E-state index in [1.807, 2.05) is 31.2 Å². The summed E-state index contributed by atoms with van der Waals surface area (Å²) in [6.45, 7) is 4.08. The summed E-state index contributed by atoms with van der Waals surface area (Å²) in [4.78, 5) is 5.64. The molecule has 1 aromatic carbocycles. The van der Waals surface area contributed by atoms with Gasteiger partial charge in [-0.05, 0) is 32.0 Å². The Bertz CT molecular complexity index is 457. The van der Waals surface area contributed by atoms with Gasteiger partial charge in [-0.3, -0.25) is 0 Å². The Balaban J connectivity index is 2.22. The third-order valence-corrected chi connectivity index (χ3v) is 3.15. The number of nitrogens with zero attached hydrogens (tertiary/aromatic N) is 1. The molecule has 0 radical (unpaired) electrons. The van der Waals surface area contributed by atoms with Gasteiger partial charge in [0, 0.05) is 16.3 Å². The highest BCUT2D eigenvalue weighted by atomic mass is 32.1. The van der Waals surface area contributed by atoms with Crippen LogP contribution in [-0.4, -0.2) is 4.98 Å². The average Bonchev–Trinajstić information content (AvgIpc) is 2.45. The molecule has 1 aromatic heterocycles. The number of rotatable bonds is 2. The second-order valence-corrected chi connectivity index (χ2v) is 4.61. The molecule has 78 valence electrons. The molecule has 0 spiro atoms. The first-order valence-corrected chi connectivity index (χ1v) is 5.53. The van der Waals surface area contributed by atoms with Gasteiger partial charge in [-0.15, -0.1) is 11.3 Å². The van der Waals surface area contributed by atoms with Crippen molar-refractivity contribution in [3.05, 3.63) is 34.8 Å². The summed E-state index contributed by atoms with van der Waals surface area (Å²) < 4.78 is 0. The van der Waals surface area contributed by atoms with Crippen LogP contribution in [0, 0.1) is 13.8 Å². The fourth-order valence-corrected chi connectivity index (χ4v) is 2.10. The number of nitrogen functional groups attached to an aromatic ring is 1. The van der Waals surface area contributed by atoms with Crippen molar-refractivity contribution in [2.45, 2.75) is 13.8 Å². The van der Waals surface area contributed by atoms with Crippen molar-refractivity contribution in [3.8, 4) is 0 Å². The lowest BCUT2D eigenvalue weighted by Crippen LogP contribution is -1.91. The lowest BCUT2D eigenvalue weighted by Gasteiger charge is -2.02. The summed E-state index contributed by atoms with van der Waals surface area (Å²) >= 11 is 1.65. The van der Waals surface area contributed by atoms with Crippen LogP contribution in [0.25, 0.3) is 0 Å². The van der Waals surface area contributed by atoms with Crippen molar-refractivity contribution in [2.75, 3.05) is 11.1 Å². The minimum Gasteiger partial charge on any atom is -0.399 e. The number of hydrogen-bond acceptors (Lipinski definition) is 4. The van der Waals surface area contributed by atoms with Crippen molar-refractivity contribution in [1.82, 2.24) is 4.98 Å². The molecule has 0 unspecified atom stereocenters. The highest BCUT2D eigenvalue weighted by Crippen LogP contribution is 2.25. The number of aromatic nitrogens is 1. The minimum atomic E-state index is 0.755. The first kappa shape index (κ1) is 9.98. The zero-order chi connectivity index (χ0) is 10.8. The number of thiazole rings is 1. The van der Waals surface area contributed by atoms with Crippen LogP contribution in [0.1, 0.15) is 10.6 Å². The lowest BCUT2D eigenvalue weighted by atomic mass is 10.3. The van der Waals surface area contributed by atoms with E-state index in [0.29, 0.717) is 0 Å². The molecule has 3 N–H and O–H groups in total. The molecule has 2 aromatic rings. The van der Waals surface area contributed by atoms with E-state index in [0.717, 1.165) is 22.2 Å². The Morgan fingerprint density at radius 2 is 2.13 bits per heavy atom. The molecule has 0 atom stereocenters. The standard InChI is InChI=1S/C11H13N3S/c1-7-8(2)15-11(13-7)14-10-5-3-4-9(12)6-10/h3-6H,12H2,1-2H3,(H,13,14). The van der Waals surface area contributed by atoms with Crippen molar-refractivity contribution in [1.29, 1.82) is 0 Å². The second kappa shape index (κ2) is 3.90. The highest BCUT2D eigenvalue weighted by molar-refractivity contribution is 7.15. The smallest absolute Gasteiger partial charge is 0.187 e. The number of nitrogens with one attached hydrogen (secondary N) is 1. The van der Waals surface area contributed by atoms with Gasteiger partial charge in [0.25, 0.3) is 0 Å². The fraction of sp³-hybridized carbons (Fsp3) is 0.182. The largest absolute Gasteiger partial charge is 0.399 e. The predicted octanol–water partition coefficient (Wildman–Crippen LogP) is 3.09. The number of nitrogens with two attached hydrogens (primary N) is 1. The zero-order valence-corrected chi connectivity index (χ0v) is 9.56. The zero-order valence-electron chi connectivity index (χ0n) is 8.74. The third kappa shape index (κ3) is 2.27. The Morgan fingerprint density at radius 1 is 1.33 bits per heavy atom. The second-order valence-electron chi connectivity index (χ2n) is 3.41. The van der Waals surface area contributed by atoms with E-state index in [-0.39, 0.29) is 0 Å². The molecule has 0 amide bonds. The van der Waals surface area contributed by atoms with E-state index in [9.17, 15) is 0 Å². The molecule has 4 heteroatoms. The summed E-state index contributed by atoms with van der Waals surface area (Å²) in [5.74, 6) is 0. The maximum atomic E-state index is 5.69. The van der Waals surface area contributed by atoms with Crippen LogP contribution in [0.5, 0.6) is 0 Å². The molecule has 0 bridgehead atoms. The van der Waals surface area contributed by atoms with Gasteiger partial charge in [-0.2, -0.15) is 0 Å². The highest BCUT2D eigenvalue weighted by Gasteiger charge is 2.03. The van der Waals surface area contributed by atoms with E-state index >= 15 is 0 Å². The van der Waals surface area contributed by atoms with E-state index in [2.05, 4.69) is 17.2 Å². The maximum absolute atomic E-state index is 5.69.